The number of benzene rings is 2. The third-order valence-corrected chi connectivity index (χ3v) is 3.46. The maximum absolute atomic E-state index is 5.94. The predicted octanol–water partition coefficient (Wildman–Crippen LogP) is 5.07. The number of methoxy groups -OCH3 is 1. The van der Waals surface area contributed by atoms with Crippen LogP contribution in [0.25, 0.3) is 22.1 Å². The van der Waals surface area contributed by atoms with E-state index in [9.17, 15) is 0 Å². The first kappa shape index (κ1) is 12.1. The molecule has 0 aliphatic carbocycles. The van der Waals surface area contributed by atoms with Crippen molar-refractivity contribution in [3.05, 3.63) is 53.2 Å². The molecule has 0 fully saturated rings. The summed E-state index contributed by atoms with van der Waals surface area (Å²) in [5.41, 5.74) is 3.04. The number of hydrogen-bond donors (Lipinski definition) is 0. The first-order chi connectivity index (χ1) is 9.19. The van der Waals surface area contributed by atoms with Crippen LogP contribution in [0.5, 0.6) is 5.75 Å². The molecule has 0 saturated carbocycles. The molecule has 1 aromatic heterocycles. The lowest BCUT2D eigenvalue weighted by molar-refractivity contribution is 0.415. The minimum absolute atomic E-state index is 0.729. The van der Waals surface area contributed by atoms with Crippen molar-refractivity contribution < 1.29 is 9.15 Å². The van der Waals surface area contributed by atoms with E-state index in [1.165, 1.54) is 0 Å². The van der Waals surface area contributed by atoms with Crippen molar-refractivity contribution in [2.45, 2.75) is 6.92 Å². The van der Waals surface area contributed by atoms with Gasteiger partial charge in [0.15, 0.2) is 0 Å². The number of hydrogen-bond acceptors (Lipinski definition) is 2. The Hall–Kier alpha value is -1.93. The van der Waals surface area contributed by atoms with Gasteiger partial charge in [0.2, 0.25) is 0 Å². The monoisotopic (exact) mass is 272 g/mol. The Labute approximate surface area is 116 Å². The second kappa shape index (κ2) is 4.63. The molecule has 0 unspecified atom stereocenters. The molecular weight excluding hydrogens is 260 g/mol. The number of halogens is 1. The van der Waals surface area contributed by atoms with Crippen molar-refractivity contribution >= 4 is 22.6 Å². The van der Waals surface area contributed by atoms with Gasteiger partial charge in [0.1, 0.15) is 17.1 Å². The second-order valence-corrected chi connectivity index (χ2v) is 4.84. The van der Waals surface area contributed by atoms with Gasteiger partial charge in [0.05, 0.1) is 7.11 Å². The summed E-state index contributed by atoms with van der Waals surface area (Å²) in [5, 5.41) is 1.78. The SMILES string of the molecule is COc1ccc2oc(C)c(-c3ccc(Cl)cc3)c2c1. The molecule has 3 rings (SSSR count). The molecule has 2 nitrogen and oxygen atoms in total. The minimum Gasteiger partial charge on any atom is -0.497 e. The van der Waals surface area contributed by atoms with Crippen LogP contribution >= 0.6 is 11.6 Å². The molecule has 19 heavy (non-hydrogen) atoms. The predicted molar refractivity (Wildman–Crippen MR) is 77.9 cm³/mol. The van der Waals surface area contributed by atoms with Crippen LogP contribution in [0.3, 0.4) is 0 Å². The van der Waals surface area contributed by atoms with Crippen molar-refractivity contribution in [3.8, 4) is 16.9 Å². The van der Waals surface area contributed by atoms with Crippen LogP contribution in [0.2, 0.25) is 5.02 Å². The van der Waals surface area contributed by atoms with Gasteiger partial charge < -0.3 is 9.15 Å². The summed E-state index contributed by atoms with van der Waals surface area (Å²) in [7, 11) is 1.66. The molecular formula is C16H13ClO2. The van der Waals surface area contributed by atoms with Crippen LogP contribution in [0.15, 0.2) is 46.9 Å². The van der Waals surface area contributed by atoms with E-state index in [1.54, 1.807) is 7.11 Å². The topological polar surface area (TPSA) is 22.4 Å². The molecule has 0 bridgehead atoms. The van der Waals surface area contributed by atoms with Crippen molar-refractivity contribution in [1.82, 2.24) is 0 Å². The molecule has 0 atom stereocenters. The lowest BCUT2D eigenvalue weighted by atomic mass is 10.0. The summed E-state index contributed by atoms with van der Waals surface area (Å²) in [6.07, 6.45) is 0. The molecule has 0 N–H and O–H groups in total. The van der Waals surface area contributed by atoms with Crippen LogP contribution in [0, 0.1) is 6.92 Å². The lowest BCUT2D eigenvalue weighted by Gasteiger charge is -2.02. The van der Waals surface area contributed by atoms with E-state index in [2.05, 4.69) is 0 Å². The maximum atomic E-state index is 5.94. The van der Waals surface area contributed by atoms with Crippen LogP contribution < -0.4 is 4.74 Å². The molecule has 96 valence electrons. The van der Waals surface area contributed by atoms with Gasteiger partial charge in [-0.1, -0.05) is 23.7 Å². The Kier molecular flexibility index (Phi) is 2.96. The molecule has 2 aromatic carbocycles. The standard InChI is InChI=1S/C16H13ClO2/c1-10-16(11-3-5-12(17)6-4-11)14-9-13(18-2)7-8-15(14)19-10/h3-9H,1-2H3. The van der Waals surface area contributed by atoms with Gasteiger partial charge in [0, 0.05) is 16.0 Å². The van der Waals surface area contributed by atoms with Gasteiger partial charge >= 0.3 is 0 Å². The average molecular weight is 273 g/mol. The quantitative estimate of drug-likeness (QED) is 0.650. The summed E-state index contributed by atoms with van der Waals surface area (Å²) in [5.74, 6) is 1.72. The van der Waals surface area contributed by atoms with E-state index >= 15 is 0 Å². The highest BCUT2D eigenvalue weighted by Gasteiger charge is 2.13. The van der Waals surface area contributed by atoms with Crippen molar-refractivity contribution in [2.75, 3.05) is 7.11 Å². The molecule has 3 heteroatoms. The number of furan rings is 1. The molecule has 0 aliphatic rings. The Bertz CT molecular complexity index is 726. The Balaban J connectivity index is 2.26. The molecule has 0 radical (unpaired) electrons. The molecule has 0 aliphatic heterocycles. The highest BCUT2D eigenvalue weighted by atomic mass is 35.5. The molecule has 1 heterocycles. The summed E-state index contributed by atoms with van der Waals surface area (Å²) in [6, 6.07) is 13.6. The number of aryl methyl sites for hydroxylation is 1. The summed E-state index contributed by atoms with van der Waals surface area (Å²) >= 11 is 5.94. The van der Waals surface area contributed by atoms with Crippen molar-refractivity contribution in [2.24, 2.45) is 0 Å². The van der Waals surface area contributed by atoms with Crippen LogP contribution in [0.4, 0.5) is 0 Å². The highest BCUT2D eigenvalue weighted by molar-refractivity contribution is 6.30. The zero-order valence-electron chi connectivity index (χ0n) is 10.7. The third kappa shape index (κ3) is 2.08. The van der Waals surface area contributed by atoms with Gasteiger partial charge in [-0.3, -0.25) is 0 Å². The van der Waals surface area contributed by atoms with E-state index in [-0.39, 0.29) is 0 Å². The largest absolute Gasteiger partial charge is 0.497 e. The smallest absolute Gasteiger partial charge is 0.135 e. The van der Waals surface area contributed by atoms with Crippen LogP contribution in [-0.4, -0.2) is 7.11 Å². The molecule has 0 spiro atoms. The number of ether oxygens (including phenoxy) is 1. The normalized spacial score (nSPS) is 10.9. The summed E-state index contributed by atoms with van der Waals surface area (Å²) < 4.78 is 11.1. The molecule has 0 amide bonds. The van der Waals surface area contributed by atoms with E-state index in [0.29, 0.717) is 0 Å². The van der Waals surface area contributed by atoms with Gasteiger partial charge in [0.25, 0.3) is 0 Å². The first-order valence-corrected chi connectivity index (χ1v) is 6.40. The van der Waals surface area contributed by atoms with Gasteiger partial charge in [-0.05, 0) is 42.8 Å². The average Bonchev–Trinajstić information content (AvgIpc) is 2.75. The van der Waals surface area contributed by atoms with E-state index in [0.717, 1.165) is 38.6 Å². The molecule has 0 saturated heterocycles. The van der Waals surface area contributed by atoms with E-state index in [4.69, 9.17) is 20.8 Å². The Morgan fingerprint density at radius 2 is 1.79 bits per heavy atom. The van der Waals surface area contributed by atoms with E-state index < -0.39 is 0 Å². The highest BCUT2D eigenvalue weighted by Crippen LogP contribution is 2.36. The zero-order valence-corrected chi connectivity index (χ0v) is 11.5. The fourth-order valence-electron chi connectivity index (χ4n) is 2.30. The van der Waals surface area contributed by atoms with Crippen molar-refractivity contribution in [1.29, 1.82) is 0 Å². The first-order valence-electron chi connectivity index (χ1n) is 6.02. The summed E-state index contributed by atoms with van der Waals surface area (Å²) in [6.45, 7) is 1.97. The third-order valence-electron chi connectivity index (χ3n) is 3.20. The maximum Gasteiger partial charge on any atom is 0.135 e. The lowest BCUT2D eigenvalue weighted by Crippen LogP contribution is -1.82. The Morgan fingerprint density at radius 3 is 2.47 bits per heavy atom. The van der Waals surface area contributed by atoms with Crippen molar-refractivity contribution in [3.63, 3.8) is 0 Å². The zero-order chi connectivity index (χ0) is 13.4. The number of fused-ring (bicyclic) bond motifs is 1. The van der Waals surface area contributed by atoms with E-state index in [1.807, 2.05) is 49.4 Å². The summed E-state index contributed by atoms with van der Waals surface area (Å²) in [4.78, 5) is 0. The second-order valence-electron chi connectivity index (χ2n) is 4.40. The van der Waals surface area contributed by atoms with Crippen LogP contribution in [0.1, 0.15) is 5.76 Å². The molecule has 3 aromatic rings. The Morgan fingerprint density at radius 1 is 1.05 bits per heavy atom. The van der Waals surface area contributed by atoms with Crippen LogP contribution in [-0.2, 0) is 0 Å². The fourth-order valence-corrected chi connectivity index (χ4v) is 2.43. The van der Waals surface area contributed by atoms with Gasteiger partial charge in [-0.15, -0.1) is 0 Å². The number of rotatable bonds is 2. The van der Waals surface area contributed by atoms with Gasteiger partial charge in [-0.25, -0.2) is 0 Å². The van der Waals surface area contributed by atoms with Gasteiger partial charge in [-0.2, -0.15) is 0 Å². The fraction of sp³-hybridized carbons (Fsp3) is 0.125. The minimum atomic E-state index is 0.729.